The number of H-pyrrole nitrogens is 1. The lowest BCUT2D eigenvalue weighted by Gasteiger charge is -2.34. The summed E-state index contributed by atoms with van der Waals surface area (Å²) in [5, 5.41) is 11.6. The number of alkyl halides is 3. The molecule has 1 aliphatic heterocycles. The minimum Gasteiger partial charge on any atom is -0.377 e. The zero-order valence-corrected chi connectivity index (χ0v) is 17.4. The maximum absolute atomic E-state index is 13.0. The standard InChI is InChI=1S/C21H20F3N7O/c1-12-11-32-8-7-31(12)17-9-14(13-3-4-16(25-10-13)21(22,23)24)20-19(27-17)18(29-30(20)2)15-5-6-26-28-15/h3-6,9-10,12H,7-8,11H2,1-2H3,(H,26,28)/t12-/m1/s1. The molecule has 1 N–H and O–H groups in total. The number of hydrogen-bond acceptors (Lipinski definition) is 6. The maximum atomic E-state index is 13.0. The molecule has 0 aliphatic carbocycles. The number of aryl methyl sites for hydroxylation is 1. The molecule has 32 heavy (non-hydrogen) atoms. The molecular weight excluding hydrogens is 423 g/mol. The van der Waals surface area contributed by atoms with Crippen LogP contribution < -0.4 is 4.90 Å². The predicted molar refractivity (Wildman–Crippen MR) is 112 cm³/mol. The largest absolute Gasteiger partial charge is 0.433 e. The van der Waals surface area contributed by atoms with Crippen LogP contribution in [0.5, 0.6) is 0 Å². The Hall–Kier alpha value is -3.47. The third kappa shape index (κ3) is 3.48. The van der Waals surface area contributed by atoms with Gasteiger partial charge in [0.05, 0.1) is 24.8 Å². The van der Waals surface area contributed by atoms with Gasteiger partial charge in [-0.2, -0.15) is 23.4 Å². The zero-order valence-electron chi connectivity index (χ0n) is 17.4. The van der Waals surface area contributed by atoms with Crippen molar-refractivity contribution in [1.82, 2.24) is 29.9 Å². The van der Waals surface area contributed by atoms with Crippen molar-refractivity contribution in [3.8, 4) is 22.5 Å². The molecule has 1 aliphatic rings. The van der Waals surface area contributed by atoms with Crippen LogP contribution in [0.15, 0.2) is 36.7 Å². The van der Waals surface area contributed by atoms with E-state index in [2.05, 4.69) is 25.2 Å². The van der Waals surface area contributed by atoms with Crippen molar-refractivity contribution in [3.05, 3.63) is 42.4 Å². The summed E-state index contributed by atoms with van der Waals surface area (Å²) in [5.41, 5.74) is 2.83. The van der Waals surface area contributed by atoms with E-state index in [1.54, 1.807) is 24.0 Å². The van der Waals surface area contributed by atoms with Gasteiger partial charge in [0.25, 0.3) is 0 Å². The Morgan fingerprint density at radius 2 is 2.06 bits per heavy atom. The van der Waals surface area contributed by atoms with Crippen LogP contribution in [0, 0.1) is 0 Å². The average molecular weight is 443 g/mol. The van der Waals surface area contributed by atoms with E-state index >= 15 is 0 Å². The van der Waals surface area contributed by atoms with Gasteiger partial charge in [0.1, 0.15) is 28.4 Å². The number of halogens is 3. The van der Waals surface area contributed by atoms with Crippen LogP contribution in [0.1, 0.15) is 12.6 Å². The molecule has 0 bridgehead atoms. The second-order valence-corrected chi connectivity index (χ2v) is 7.70. The first-order chi connectivity index (χ1) is 15.3. The molecular formula is C21H20F3N7O. The van der Waals surface area contributed by atoms with Gasteiger partial charge in [0.15, 0.2) is 0 Å². The van der Waals surface area contributed by atoms with Crippen molar-refractivity contribution in [3.63, 3.8) is 0 Å². The summed E-state index contributed by atoms with van der Waals surface area (Å²) in [6.07, 6.45) is -1.56. The number of hydrogen-bond donors (Lipinski definition) is 1. The number of rotatable bonds is 3. The Labute approximate surface area is 181 Å². The van der Waals surface area contributed by atoms with Crippen LogP contribution in [0.4, 0.5) is 19.0 Å². The summed E-state index contributed by atoms with van der Waals surface area (Å²) in [6, 6.07) is 6.19. The Kier molecular flexibility index (Phi) is 4.85. The summed E-state index contributed by atoms with van der Waals surface area (Å²) < 4.78 is 46.3. The van der Waals surface area contributed by atoms with Crippen molar-refractivity contribution in [2.45, 2.75) is 19.1 Å². The lowest BCUT2D eigenvalue weighted by Crippen LogP contribution is -2.44. The van der Waals surface area contributed by atoms with E-state index in [0.29, 0.717) is 59.1 Å². The molecule has 0 radical (unpaired) electrons. The van der Waals surface area contributed by atoms with E-state index in [0.717, 1.165) is 6.07 Å². The van der Waals surface area contributed by atoms with Crippen LogP contribution in [-0.4, -0.2) is 55.7 Å². The molecule has 5 heterocycles. The summed E-state index contributed by atoms with van der Waals surface area (Å²) in [7, 11) is 1.78. The quantitative estimate of drug-likeness (QED) is 0.520. The molecule has 0 aromatic carbocycles. The van der Waals surface area contributed by atoms with E-state index in [1.807, 2.05) is 13.0 Å². The first-order valence-corrected chi connectivity index (χ1v) is 10.1. The van der Waals surface area contributed by atoms with Gasteiger partial charge in [0.2, 0.25) is 0 Å². The van der Waals surface area contributed by atoms with Crippen LogP contribution >= 0.6 is 0 Å². The second kappa shape index (κ2) is 7.59. The first-order valence-electron chi connectivity index (χ1n) is 10.1. The van der Waals surface area contributed by atoms with Crippen molar-refractivity contribution in [2.75, 3.05) is 24.7 Å². The summed E-state index contributed by atoms with van der Waals surface area (Å²) in [4.78, 5) is 10.7. The van der Waals surface area contributed by atoms with Gasteiger partial charge in [0, 0.05) is 37.1 Å². The van der Waals surface area contributed by atoms with Crippen LogP contribution in [0.3, 0.4) is 0 Å². The summed E-state index contributed by atoms with van der Waals surface area (Å²) in [6.45, 7) is 3.83. The number of fused-ring (bicyclic) bond motifs is 1. The van der Waals surface area contributed by atoms with E-state index in [9.17, 15) is 13.2 Å². The monoisotopic (exact) mass is 443 g/mol. The van der Waals surface area contributed by atoms with Crippen molar-refractivity contribution < 1.29 is 17.9 Å². The Morgan fingerprint density at radius 3 is 2.72 bits per heavy atom. The molecule has 4 aromatic heterocycles. The average Bonchev–Trinajstić information content (AvgIpc) is 3.41. The molecule has 4 aromatic rings. The van der Waals surface area contributed by atoms with E-state index in [4.69, 9.17) is 9.72 Å². The van der Waals surface area contributed by atoms with E-state index in [-0.39, 0.29) is 6.04 Å². The van der Waals surface area contributed by atoms with Gasteiger partial charge in [-0.15, -0.1) is 0 Å². The van der Waals surface area contributed by atoms with Crippen LogP contribution in [0.25, 0.3) is 33.5 Å². The maximum Gasteiger partial charge on any atom is 0.433 e. The Morgan fingerprint density at radius 1 is 1.22 bits per heavy atom. The smallest absolute Gasteiger partial charge is 0.377 e. The number of aromatic amines is 1. The Bertz CT molecular complexity index is 1250. The molecule has 0 spiro atoms. The molecule has 11 heteroatoms. The molecule has 5 rings (SSSR count). The van der Waals surface area contributed by atoms with Crippen molar-refractivity contribution in [1.29, 1.82) is 0 Å². The van der Waals surface area contributed by atoms with Gasteiger partial charge in [-0.25, -0.2) is 4.98 Å². The number of ether oxygens (including phenoxy) is 1. The number of pyridine rings is 2. The topological polar surface area (TPSA) is 84.8 Å². The van der Waals surface area contributed by atoms with E-state index < -0.39 is 11.9 Å². The first kappa shape index (κ1) is 20.4. The van der Waals surface area contributed by atoms with Crippen molar-refractivity contribution >= 4 is 16.9 Å². The molecule has 8 nitrogen and oxygen atoms in total. The third-order valence-electron chi connectivity index (χ3n) is 5.55. The SMILES string of the molecule is C[C@@H]1COCCN1c1cc(-c2ccc(C(F)(F)F)nc2)c2c(n1)c(-c1cc[nH]n1)nn2C. The fourth-order valence-corrected chi connectivity index (χ4v) is 3.99. The molecule has 0 saturated carbocycles. The summed E-state index contributed by atoms with van der Waals surface area (Å²) in [5.74, 6) is 0.702. The fourth-order valence-electron chi connectivity index (χ4n) is 3.99. The zero-order chi connectivity index (χ0) is 22.5. The summed E-state index contributed by atoms with van der Waals surface area (Å²) >= 11 is 0. The number of anilines is 1. The van der Waals surface area contributed by atoms with Crippen LogP contribution in [0.2, 0.25) is 0 Å². The number of nitrogens with one attached hydrogen (secondary N) is 1. The molecule has 0 unspecified atom stereocenters. The minimum absolute atomic E-state index is 0.0952. The van der Waals surface area contributed by atoms with E-state index in [1.165, 1.54) is 12.3 Å². The van der Waals surface area contributed by atoms with Gasteiger partial charge in [-0.3, -0.25) is 14.8 Å². The van der Waals surface area contributed by atoms with Gasteiger partial charge in [-0.05, 0) is 25.1 Å². The molecule has 1 atom stereocenters. The lowest BCUT2D eigenvalue weighted by atomic mass is 10.0. The normalized spacial score (nSPS) is 17.3. The molecule has 166 valence electrons. The fraction of sp³-hybridized carbons (Fsp3) is 0.333. The highest BCUT2D eigenvalue weighted by Gasteiger charge is 2.32. The predicted octanol–water partition coefficient (Wildman–Crippen LogP) is 3.66. The molecule has 1 fully saturated rings. The highest BCUT2D eigenvalue weighted by atomic mass is 19.4. The lowest BCUT2D eigenvalue weighted by molar-refractivity contribution is -0.141. The number of nitrogens with zero attached hydrogens (tertiary/aromatic N) is 6. The minimum atomic E-state index is -4.50. The number of morpholine rings is 1. The van der Waals surface area contributed by atoms with Crippen molar-refractivity contribution in [2.24, 2.45) is 7.05 Å². The Balaban J connectivity index is 1.73. The van der Waals surface area contributed by atoms with Crippen LogP contribution in [-0.2, 0) is 18.0 Å². The van der Waals surface area contributed by atoms with Gasteiger partial charge in [-0.1, -0.05) is 6.07 Å². The highest BCUT2D eigenvalue weighted by molar-refractivity contribution is 6.00. The molecule has 1 saturated heterocycles. The second-order valence-electron chi connectivity index (χ2n) is 7.70. The third-order valence-corrected chi connectivity index (χ3v) is 5.55. The van der Waals surface area contributed by atoms with Gasteiger partial charge < -0.3 is 9.64 Å². The highest BCUT2D eigenvalue weighted by Crippen LogP contribution is 2.37. The van der Waals surface area contributed by atoms with Gasteiger partial charge >= 0.3 is 6.18 Å². The number of aromatic nitrogens is 6. The molecule has 0 amide bonds.